The van der Waals surface area contributed by atoms with Crippen molar-refractivity contribution < 1.29 is 14.3 Å². The highest BCUT2D eigenvalue weighted by Crippen LogP contribution is 2.31. The lowest BCUT2D eigenvalue weighted by Crippen LogP contribution is -2.43. The molecule has 0 aliphatic carbocycles. The maximum absolute atomic E-state index is 12.9. The lowest BCUT2D eigenvalue weighted by Gasteiger charge is -2.22. The number of carbonyl (C=O) groups excluding carboxylic acids is 2. The second-order valence-electron chi connectivity index (χ2n) is 8.68. The van der Waals surface area contributed by atoms with Crippen LogP contribution < -0.4 is 5.32 Å². The Morgan fingerprint density at radius 3 is 2.70 bits per heavy atom. The predicted octanol–water partition coefficient (Wildman–Crippen LogP) is 6.61. The van der Waals surface area contributed by atoms with Crippen LogP contribution >= 0.6 is 34.4 Å². The number of thiazole rings is 2. The number of ether oxygens (including phenoxy) is 1. The van der Waals surface area contributed by atoms with E-state index in [1.54, 1.807) is 23.1 Å². The first kappa shape index (κ1) is 25.4. The molecule has 0 unspecified atom stereocenters. The molecule has 190 valence electrons. The summed E-state index contributed by atoms with van der Waals surface area (Å²) in [6, 6.07) is 17.3. The second kappa shape index (κ2) is 11.9. The maximum Gasteiger partial charge on any atom is 0.410 e. The summed E-state index contributed by atoms with van der Waals surface area (Å²) < 4.78 is 6.42. The van der Waals surface area contributed by atoms with Crippen molar-refractivity contribution in [2.24, 2.45) is 0 Å². The van der Waals surface area contributed by atoms with Gasteiger partial charge in [0, 0.05) is 28.6 Å². The molecule has 1 aliphatic heterocycles. The van der Waals surface area contributed by atoms with Gasteiger partial charge in [-0.3, -0.25) is 9.69 Å². The molecule has 4 aromatic rings. The largest absolute Gasteiger partial charge is 0.445 e. The van der Waals surface area contributed by atoms with Crippen LogP contribution in [0, 0.1) is 6.92 Å². The quantitative estimate of drug-likeness (QED) is 0.249. The van der Waals surface area contributed by atoms with E-state index in [0.717, 1.165) is 33.3 Å². The fourth-order valence-corrected chi connectivity index (χ4v) is 6.54. The Morgan fingerprint density at radius 2 is 1.89 bits per heavy atom. The van der Waals surface area contributed by atoms with Gasteiger partial charge in [0.25, 0.3) is 0 Å². The van der Waals surface area contributed by atoms with E-state index >= 15 is 0 Å². The summed E-state index contributed by atoms with van der Waals surface area (Å²) in [5, 5.41) is 7.43. The van der Waals surface area contributed by atoms with Crippen LogP contribution in [0.4, 0.5) is 9.93 Å². The van der Waals surface area contributed by atoms with Crippen LogP contribution in [0.15, 0.2) is 69.7 Å². The lowest BCUT2D eigenvalue weighted by atomic mass is 10.1. The highest BCUT2D eigenvalue weighted by atomic mass is 32.2. The number of hydrogen-bond donors (Lipinski definition) is 1. The van der Waals surface area contributed by atoms with Crippen LogP contribution in [0.2, 0.25) is 0 Å². The summed E-state index contributed by atoms with van der Waals surface area (Å²) in [6.45, 7) is 2.76. The van der Waals surface area contributed by atoms with E-state index in [4.69, 9.17) is 9.72 Å². The Hall–Kier alpha value is -3.21. The molecule has 1 atom stereocenters. The molecule has 5 rings (SSSR count). The maximum atomic E-state index is 12.9. The molecule has 1 fully saturated rings. The summed E-state index contributed by atoms with van der Waals surface area (Å²) in [6.07, 6.45) is 0.899. The Balaban J connectivity index is 1.12. The van der Waals surface area contributed by atoms with Crippen molar-refractivity contribution in [1.29, 1.82) is 0 Å². The van der Waals surface area contributed by atoms with Crippen molar-refractivity contribution in [2.75, 3.05) is 11.9 Å². The summed E-state index contributed by atoms with van der Waals surface area (Å²) in [5.74, 6) is 0.430. The molecule has 0 radical (unpaired) electrons. The van der Waals surface area contributed by atoms with E-state index in [-0.39, 0.29) is 12.5 Å². The van der Waals surface area contributed by atoms with Crippen molar-refractivity contribution in [1.82, 2.24) is 14.9 Å². The van der Waals surface area contributed by atoms with Gasteiger partial charge in [0.2, 0.25) is 5.91 Å². The van der Waals surface area contributed by atoms with Crippen LogP contribution in [0.1, 0.15) is 29.7 Å². The van der Waals surface area contributed by atoms with E-state index in [0.29, 0.717) is 23.8 Å². The van der Waals surface area contributed by atoms with Gasteiger partial charge in [-0.25, -0.2) is 14.8 Å². The minimum Gasteiger partial charge on any atom is -0.445 e. The number of carbonyl (C=O) groups is 2. The number of nitrogens with zero attached hydrogens (tertiary/aromatic N) is 3. The molecule has 2 amide bonds. The fraction of sp³-hybridized carbons (Fsp3) is 0.259. The van der Waals surface area contributed by atoms with E-state index in [9.17, 15) is 9.59 Å². The third kappa shape index (κ3) is 6.57. The number of aryl methyl sites for hydroxylation is 1. The van der Waals surface area contributed by atoms with Gasteiger partial charge < -0.3 is 10.1 Å². The van der Waals surface area contributed by atoms with Gasteiger partial charge in [0.15, 0.2) is 9.47 Å². The van der Waals surface area contributed by atoms with Crippen LogP contribution in [-0.2, 0) is 21.9 Å². The van der Waals surface area contributed by atoms with Gasteiger partial charge >= 0.3 is 6.09 Å². The number of benzene rings is 2. The summed E-state index contributed by atoms with van der Waals surface area (Å²) in [7, 11) is 0. The van der Waals surface area contributed by atoms with E-state index in [1.165, 1.54) is 21.8 Å². The Morgan fingerprint density at radius 1 is 1.08 bits per heavy atom. The minimum absolute atomic E-state index is 0.184. The van der Waals surface area contributed by atoms with E-state index in [1.807, 2.05) is 35.7 Å². The average Bonchev–Trinajstić information content (AvgIpc) is 3.68. The number of aromatic nitrogens is 2. The highest BCUT2D eigenvalue weighted by molar-refractivity contribution is 8.00. The molecule has 7 nitrogen and oxygen atoms in total. The van der Waals surface area contributed by atoms with Crippen LogP contribution in [0.5, 0.6) is 0 Å². The predicted molar refractivity (Wildman–Crippen MR) is 149 cm³/mol. The molecule has 37 heavy (non-hydrogen) atoms. The molecule has 1 N–H and O–H groups in total. The van der Waals surface area contributed by atoms with Crippen molar-refractivity contribution in [3.63, 3.8) is 0 Å². The monoisotopic (exact) mass is 550 g/mol. The SMILES string of the molecule is Cc1ccc(-c2csc(SCc3csc(NC(=O)[C@@H]4CCCN4C(=O)OCc4ccccc4)n3)n2)cc1. The van der Waals surface area contributed by atoms with E-state index < -0.39 is 12.1 Å². The number of hydrogen-bond acceptors (Lipinski definition) is 8. The molecule has 3 heterocycles. The van der Waals surface area contributed by atoms with Gasteiger partial charge in [-0.15, -0.1) is 22.7 Å². The van der Waals surface area contributed by atoms with Gasteiger partial charge in [0.05, 0.1) is 11.4 Å². The molecular formula is C27H26N4O3S3. The first-order valence-electron chi connectivity index (χ1n) is 11.9. The van der Waals surface area contributed by atoms with Gasteiger partial charge in [0.1, 0.15) is 12.6 Å². The number of nitrogens with one attached hydrogen (secondary N) is 1. The lowest BCUT2D eigenvalue weighted by molar-refractivity contribution is -0.120. The topological polar surface area (TPSA) is 84.4 Å². The van der Waals surface area contributed by atoms with Crippen molar-refractivity contribution in [2.45, 2.75) is 42.5 Å². The number of amides is 2. The molecule has 1 aliphatic rings. The van der Waals surface area contributed by atoms with Gasteiger partial charge in [-0.2, -0.15) is 0 Å². The van der Waals surface area contributed by atoms with Crippen LogP contribution in [0.3, 0.4) is 0 Å². The fourth-order valence-electron chi connectivity index (χ4n) is 4.00. The molecule has 10 heteroatoms. The molecule has 2 aromatic carbocycles. The number of anilines is 1. The number of thioether (sulfide) groups is 1. The Bertz CT molecular complexity index is 1350. The third-order valence-corrected chi connectivity index (χ3v) is 8.81. The zero-order chi connectivity index (χ0) is 25.6. The van der Waals surface area contributed by atoms with Gasteiger partial charge in [-0.05, 0) is 25.3 Å². The first-order valence-corrected chi connectivity index (χ1v) is 14.7. The number of rotatable bonds is 8. The molecule has 2 aromatic heterocycles. The summed E-state index contributed by atoms with van der Waals surface area (Å²) >= 11 is 4.63. The molecule has 0 saturated carbocycles. The number of likely N-dealkylation sites (tertiary alicyclic amines) is 1. The van der Waals surface area contributed by atoms with Gasteiger partial charge in [-0.1, -0.05) is 71.9 Å². The van der Waals surface area contributed by atoms with Crippen molar-refractivity contribution in [3.05, 3.63) is 82.2 Å². The normalized spacial score (nSPS) is 15.1. The zero-order valence-corrected chi connectivity index (χ0v) is 22.7. The minimum atomic E-state index is -0.555. The zero-order valence-electron chi connectivity index (χ0n) is 20.3. The molecule has 0 bridgehead atoms. The van der Waals surface area contributed by atoms with E-state index in [2.05, 4.69) is 46.9 Å². The molecule has 1 saturated heterocycles. The Kier molecular flexibility index (Phi) is 8.18. The smallest absolute Gasteiger partial charge is 0.410 e. The first-order chi connectivity index (χ1) is 18.0. The summed E-state index contributed by atoms with van der Waals surface area (Å²) in [5.41, 5.74) is 5.10. The molecular weight excluding hydrogens is 525 g/mol. The van der Waals surface area contributed by atoms with Crippen LogP contribution in [0.25, 0.3) is 11.3 Å². The third-order valence-electron chi connectivity index (χ3n) is 5.95. The van der Waals surface area contributed by atoms with Crippen molar-refractivity contribution in [3.8, 4) is 11.3 Å². The average molecular weight is 551 g/mol. The second-order valence-corrected chi connectivity index (χ2v) is 11.6. The Labute approximate surface area is 227 Å². The standard InChI is InChI=1S/C27H26N4O3S3/c1-18-9-11-20(12-10-18)22-17-37-26(29-22)36-16-21-15-35-25(28-21)30-24(32)23-8-5-13-31(23)27(33)34-14-19-6-3-2-4-7-19/h2-4,6-7,9-12,15,17,23H,5,8,13-14,16H2,1H3,(H,28,30,32)/t23-/m0/s1. The summed E-state index contributed by atoms with van der Waals surface area (Å²) in [4.78, 5) is 36.4. The highest BCUT2D eigenvalue weighted by Gasteiger charge is 2.35. The van der Waals surface area contributed by atoms with Crippen LogP contribution in [-0.4, -0.2) is 39.5 Å². The van der Waals surface area contributed by atoms with Crippen molar-refractivity contribution >= 4 is 51.6 Å². The molecule has 0 spiro atoms.